The van der Waals surface area contributed by atoms with E-state index in [4.69, 9.17) is 4.74 Å². The molecule has 2 heteroatoms. The van der Waals surface area contributed by atoms with Crippen LogP contribution in [0, 0.1) is 0 Å². The van der Waals surface area contributed by atoms with Crippen LogP contribution in [-0.4, -0.2) is 12.9 Å². The molecule has 0 aromatic heterocycles. The van der Waals surface area contributed by atoms with Gasteiger partial charge >= 0.3 is 0 Å². The van der Waals surface area contributed by atoms with Crippen molar-refractivity contribution in [1.82, 2.24) is 0 Å². The second-order valence-electron chi connectivity index (χ2n) is 5.23. The number of carbonyl (C=O) groups is 1. The number of benzene rings is 2. The summed E-state index contributed by atoms with van der Waals surface area (Å²) in [6.07, 6.45) is 2.93. The number of Topliss-reactive ketones (excluding diaryl/α,β-unsaturated/α-hetero) is 1. The van der Waals surface area contributed by atoms with E-state index in [2.05, 4.69) is 31.2 Å². The molecule has 0 spiro atoms. The van der Waals surface area contributed by atoms with Crippen molar-refractivity contribution >= 4 is 5.78 Å². The maximum Gasteiger partial charge on any atom is 0.137 e. The zero-order valence-corrected chi connectivity index (χ0v) is 12.8. The minimum Gasteiger partial charge on any atom is -0.497 e. The molecule has 110 valence electrons. The molecule has 0 aliphatic heterocycles. The quantitative estimate of drug-likeness (QED) is 0.767. The highest BCUT2D eigenvalue weighted by Gasteiger charge is 2.05. The van der Waals surface area contributed by atoms with Crippen LogP contribution >= 0.6 is 0 Å². The predicted molar refractivity (Wildman–Crippen MR) is 85.8 cm³/mol. The third-order valence-electron chi connectivity index (χ3n) is 3.68. The Balaban J connectivity index is 1.83. The Kier molecular flexibility index (Phi) is 5.56. The van der Waals surface area contributed by atoms with Crippen LogP contribution in [-0.2, 0) is 24.1 Å². The first kappa shape index (κ1) is 15.3. The summed E-state index contributed by atoms with van der Waals surface area (Å²) in [5.41, 5.74) is 3.59. The molecule has 0 radical (unpaired) electrons. The number of hydrogen-bond acceptors (Lipinski definition) is 2. The molecule has 0 bridgehead atoms. The van der Waals surface area contributed by atoms with E-state index in [0.29, 0.717) is 12.8 Å². The van der Waals surface area contributed by atoms with Crippen molar-refractivity contribution in [3.63, 3.8) is 0 Å². The highest BCUT2D eigenvalue weighted by molar-refractivity contribution is 5.81. The molecule has 2 rings (SSSR count). The molecule has 21 heavy (non-hydrogen) atoms. The molecule has 0 fully saturated rings. The fraction of sp³-hybridized carbons (Fsp3) is 0.316. The lowest BCUT2D eigenvalue weighted by molar-refractivity contribution is -0.118. The van der Waals surface area contributed by atoms with Crippen molar-refractivity contribution in [1.29, 1.82) is 0 Å². The summed E-state index contributed by atoms with van der Waals surface area (Å²) in [6, 6.07) is 16.2. The van der Waals surface area contributed by atoms with Gasteiger partial charge in [-0.05, 0) is 41.7 Å². The standard InChI is InChI=1S/C19H22O2/c1-3-15-4-6-17(7-5-15)14-18(20)11-8-16-9-12-19(21-2)13-10-16/h4-7,9-10,12-13H,3,8,11,14H2,1-2H3. The summed E-state index contributed by atoms with van der Waals surface area (Å²) in [5.74, 6) is 1.14. The third kappa shape index (κ3) is 4.75. The Labute approximate surface area is 126 Å². The van der Waals surface area contributed by atoms with Gasteiger partial charge in [-0.1, -0.05) is 43.3 Å². The summed E-state index contributed by atoms with van der Waals surface area (Å²) in [6.45, 7) is 2.13. The van der Waals surface area contributed by atoms with Crippen LogP contribution < -0.4 is 4.74 Å². The van der Waals surface area contributed by atoms with Crippen molar-refractivity contribution < 1.29 is 9.53 Å². The second kappa shape index (κ2) is 7.63. The molecule has 0 saturated carbocycles. The van der Waals surface area contributed by atoms with Gasteiger partial charge in [0.25, 0.3) is 0 Å². The van der Waals surface area contributed by atoms with Crippen LogP contribution in [0.3, 0.4) is 0 Å². The SMILES string of the molecule is CCc1ccc(CC(=O)CCc2ccc(OC)cc2)cc1. The molecular weight excluding hydrogens is 260 g/mol. The van der Waals surface area contributed by atoms with Gasteiger partial charge in [-0.2, -0.15) is 0 Å². The number of aryl methyl sites for hydroxylation is 2. The zero-order valence-electron chi connectivity index (χ0n) is 12.8. The van der Waals surface area contributed by atoms with Crippen molar-refractivity contribution in [2.24, 2.45) is 0 Å². The fourth-order valence-corrected chi connectivity index (χ4v) is 2.28. The number of methoxy groups -OCH3 is 1. The van der Waals surface area contributed by atoms with Crippen LogP contribution in [0.4, 0.5) is 0 Å². The fourth-order valence-electron chi connectivity index (χ4n) is 2.28. The monoisotopic (exact) mass is 282 g/mol. The maximum absolute atomic E-state index is 12.0. The number of ketones is 1. The number of ether oxygens (including phenoxy) is 1. The van der Waals surface area contributed by atoms with Crippen LogP contribution in [0.15, 0.2) is 48.5 Å². The van der Waals surface area contributed by atoms with E-state index >= 15 is 0 Å². The molecular formula is C19H22O2. The Bertz CT molecular complexity index is 568. The molecule has 0 unspecified atom stereocenters. The summed E-state index contributed by atoms with van der Waals surface area (Å²) in [5, 5.41) is 0. The van der Waals surface area contributed by atoms with Gasteiger partial charge in [0.15, 0.2) is 0 Å². The minimum atomic E-state index is 0.287. The van der Waals surface area contributed by atoms with Crippen molar-refractivity contribution in [2.75, 3.05) is 7.11 Å². The minimum absolute atomic E-state index is 0.287. The first-order chi connectivity index (χ1) is 10.2. The van der Waals surface area contributed by atoms with Crippen molar-refractivity contribution in [3.05, 3.63) is 65.2 Å². The van der Waals surface area contributed by atoms with Crippen LogP contribution in [0.1, 0.15) is 30.0 Å². The van der Waals surface area contributed by atoms with Gasteiger partial charge in [-0.25, -0.2) is 0 Å². The topological polar surface area (TPSA) is 26.3 Å². The lowest BCUT2D eigenvalue weighted by atomic mass is 10.0. The molecule has 0 aliphatic rings. The van der Waals surface area contributed by atoms with Gasteiger partial charge in [-0.15, -0.1) is 0 Å². The van der Waals surface area contributed by atoms with E-state index in [9.17, 15) is 4.79 Å². The highest BCUT2D eigenvalue weighted by Crippen LogP contribution is 2.13. The van der Waals surface area contributed by atoms with Gasteiger partial charge in [0.05, 0.1) is 7.11 Å². The van der Waals surface area contributed by atoms with E-state index in [1.165, 1.54) is 11.1 Å². The number of carbonyl (C=O) groups excluding carboxylic acids is 1. The largest absolute Gasteiger partial charge is 0.497 e. The van der Waals surface area contributed by atoms with Gasteiger partial charge in [-0.3, -0.25) is 4.79 Å². The molecule has 0 heterocycles. The third-order valence-corrected chi connectivity index (χ3v) is 3.68. The number of rotatable bonds is 7. The molecule has 0 N–H and O–H groups in total. The molecule has 2 nitrogen and oxygen atoms in total. The average Bonchev–Trinajstić information content (AvgIpc) is 2.54. The van der Waals surface area contributed by atoms with Gasteiger partial charge < -0.3 is 4.74 Å². The van der Waals surface area contributed by atoms with Crippen LogP contribution in [0.2, 0.25) is 0 Å². The first-order valence-electron chi connectivity index (χ1n) is 7.43. The summed E-state index contributed by atoms with van der Waals surface area (Å²) in [4.78, 5) is 12.0. The molecule has 2 aromatic carbocycles. The van der Waals surface area contributed by atoms with Gasteiger partial charge in [0.2, 0.25) is 0 Å². The summed E-state index contributed by atoms with van der Waals surface area (Å²) < 4.78 is 5.13. The Morgan fingerprint density at radius 1 is 0.905 bits per heavy atom. The summed E-state index contributed by atoms with van der Waals surface area (Å²) >= 11 is 0. The summed E-state index contributed by atoms with van der Waals surface area (Å²) in [7, 11) is 1.66. The van der Waals surface area contributed by atoms with E-state index in [1.54, 1.807) is 7.11 Å². The van der Waals surface area contributed by atoms with E-state index in [0.717, 1.165) is 24.2 Å². The maximum atomic E-state index is 12.0. The molecule has 0 saturated heterocycles. The molecule has 2 aromatic rings. The van der Waals surface area contributed by atoms with Crippen molar-refractivity contribution in [3.8, 4) is 5.75 Å². The number of hydrogen-bond donors (Lipinski definition) is 0. The lowest BCUT2D eigenvalue weighted by Gasteiger charge is -2.04. The molecule has 0 amide bonds. The zero-order chi connectivity index (χ0) is 15.1. The van der Waals surface area contributed by atoms with E-state index < -0.39 is 0 Å². The normalized spacial score (nSPS) is 10.4. The van der Waals surface area contributed by atoms with E-state index in [-0.39, 0.29) is 5.78 Å². The van der Waals surface area contributed by atoms with Crippen LogP contribution in [0.5, 0.6) is 5.75 Å². The van der Waals surface area contributed by atoms with Gasteiger partial charge in [0.1, 0.15) is 11.5 Å². The second-order valence-corrected chi connectivity index (χ2v) is 5.23. The Morgan fingerprint density at radius 3 is 2.05 bits per heavy atom. The lowest BCUT2D eigenvalue weighted by Crippen LogP contribution is -2.04. The highest BCUT2D eigenvalue weighted by atomic mass is 16.5. The smallest absolute Gasteiger partial charge is 0.137 e. The predicted octanol–water partition coefficient (Wildman–Crippen LogP) is 4.00. The van der Waals surface area contributed by atoms with Gasteiger partial charge in [0, 0.05) is 12.8 Å². The molecule has 0 aliphatic carbocycles. The Morgan fingerprint density at radius 2 is 1.48 bits per heavy atom. The van der Waals surface area contributed by atoms with E-state index in [1.807, 2.05) is 24.3 Å². The first-order valence-corrected chi connectivity index (χ1v) is 7.43. The Hall–Kier alpha value is -2.09. The van der Waals surface area contributed by atoms with Crippen LogP contribution in [0.25, 0.3) is 0 Å². The average molecular weight is 282 g/mol. The molecule has 0 atom stereocenters. The van der Waals surface area contributed by atoms with Crippen molar-refractivity contribution in [2.45, 2.75) is 32.6 Å².